The largest absolute Gasteiger partial charge is 0.0651 e. The van der Waals surface area contributed by atoms with Crippen molar-refractivity contribution in [3.8, 4) is 0 Å². The molecule has 0 aliphatic rings. The first kappa shape index (κ1) is 12.0. The molecular weight excluding hydrogens is 144 g/mol. The van der Waals surface area contributed by atoms with Crippen molar-refractivity contribution in [1.29, 1.82) is 0 Å². The Bertz CT molecular complexity index is 106. The fraction of sp³-hybridized carbons (Fsp3) is 1.00. The van der Waals surface area contributed by atoms with Gasteiger partial charge in [0.05, 0.1) is 0 Å². The predicted molar refractivity (Wildman–Crippen MR) is 57.3 cm³/mol. The first-order chi connectivity index (χ1) is 5.35. The summed E-state index contributed by atoms with van der Waals surface area (Å²) in [5.41, 5.74) is 0.509. The summed E-state index contributed by atoms with van der Waals surface area (Å²) in [6.07, 6.45) is 4.12. The van der Waals surface area contributed by atoms with Gasteiger partial charge in [-0.3, -0.25) is 0 Å². The Morgan fingerprint density at radius 1 is 1.08 bits per heavy atom. The highest BCUT2D eigenvalue weighted by molar-refractivity contribution is 4.69. The first-order valence-corrected chi connectivity index (χ1v) is 5.35. The summed E-state index contributed by atoms with van der Waals surface area (Å²) in [7, 11) is 0. The molecule has 0 aromatic heterocycles. The highest BCUT2D eigenvalue weighted by Gasteiger charge is 2.17. The molecule has 0 radical (unpaired) electrons. The standard InChI is InChI=1S/C12H26/c1-7-11(8-10(2)3)9-12(4,5)6/h10-11H,7-9H2,1-6H3. The molecule has 0 aliphatic heterocycles. The van der Waals surface area contributed by atoms with Crippen LogP contribution in [0.5, 0.6) is 0 Å². The zero-order valence-corrected chi connectivity index (χ0v) is 9.78. The average molecular weight is 170 g/mol. The van der Waals surface area contributed by atoms with Crippen molar-refractivity contribution in [2.45, 2.75) is 60.8 Å². The molecule has 0 N–H and O–H groups in total. The van der Waals surface area contributed by atoms with E-state index in [2.05, 4.69) is 41.5 Å². The van der Waals surface area contributed by atoms with E-state index < -0.39 is 0 Å². The van der Waals surface area contributed by atoms with Gasteiger partial charge in [-0.1, -0.05) is 48.0 Å². The maximum Gasteiger partial charge on any atom is -0.0380 e. The Labute approximate surface area is 78.8 Å². The quantitative estimate of drug-likeness (QED) is 0.583. The second-order valence-corrected chi connectivity index (χ2v) is 5.67. The van der Waals surface area contributed by atoms with E-state index in [-0.39, 0.29) is 0 Å². The highest BCUT2D eigenvalue weighted by atomic mass is 14.2. The molecule has 74 valence electrons. The molecule has 0 heterocycles. The van der Waals surface area contributed by atoms with Crippen LogP contribution in [0.1, 0.15) is 60.8 Å². The first-order valence-electron chi connectivity index (χ1n) is 5.35. The molecule has 0 aliphatic carbocycles. The lowest BCUT2D eigenvalue weighted by molar-refractivity contribution is 0.257. The van der Waals surface area contributed by atoms with E-state index in [9.17, 15) is 0 Å². The van der Waals surface area contributed by atoms with Gasteiger partial charge in [0.25, 0.3) is 0 Å². The fourth-order valence-corrected chi connectivity index (χ4v) is 1.93. The van der Waals surface area contributed by atoms with Gasteiger partial charge in [0.2, 0.25) is 0 Å². The second kappa shape index (κ2) is 4.89. The van der Waals surface area contributed by atoms with Gasteiger partial charge in [-0.25, -0.2) is 0 Å². The topological polar surface area (TPSA) is 0 Å². The normalized spacial score (nSPS) is 15.2. The zero-order valence-electron chi connectivity index (χ0n) is 9.78. The summed E-state index contributed by atoms with van der Waals surface area (Å²) in [6, 6.07) is 0. The van der Waals surface area contributed by atoms with Crippen molar-refractivity contribution < 1.29 is 0 Å². The molecule has 0 spiro atoms. The summed E-state index contributed by atoms with van der Waals surface area (Å²) in [4.78, 5) is 0. The molecule has 0 saturated carbocycles. The van der Waals surface area contributed by atoms with Gasteiger partial charge in [0.15, 0.2) is 0 Å². The summed E-state index contributed by atoms with van der Waals surface area (Å²) < 4.78 is 0. The maximum absolute atomic E-state index is 2.34. The van der Waals surface area contributed by atoms with Crippen LogP contribution in [0.25, 0.3) is 0 Å². The Morgan fingerprint density at radius 3 is 1.83 bits per heavy atom. The lowest BCUT2D eigenvalue weighted by atomic mass is 9.80. The van der Waals surface area contributed by atoms with Gasteiger partial charge in [-0.2, -0.15) is 0 Å². The van der Waals surface area contributed by atoms with Crippen LogP contribution in [-0.4, -0.2) is 0 Å². The minimum Gasteiger partial charge on any atom is -0.0651 e. The van der Waals surface area contributed by atoms with Crippen LogP contribution in [0.2, 0.25) is 0 Å². The van der Waals surface area contributed by atoms with Crippen molar-refractivity contribution in [2.24, 2.45) is 17.3 Å². The molecule has 0 rings (SSSR count). The fourth-order valence-electron chi connectivity index (χ4n) is 1.93. The molecule has 0 aromatic carbocycles. The van der Waals surface area contributed by atoms with Crippen LogP contribution in [0.4, 0.5) is 0 Å². The Morgan fingerprint density at radius 2 is 1.58 bits per heavy atom. The summed E-state index contributed by atoms with van der Waals surface area (Å²) in [5.74, 6) is 1.79. The number of hydrogen-bond donors (Lipinski definition) is 0. The van der Waals surface area contributed by atoms with Crippen LogP contribution in [-0.2, 0) is 0 Å². The molecule has 1 atom stereocenters. The highest BCUT2D eigenvalue weighted by Crippen LogP contribution is 2.29. The summed E-state index contributed by atoms with van der Waals surface area (Å²) >= 11 is 0. The molecule has 0 nitrogen and oxygen atoms in total. The minimum absolute atomic E-state index is 0.509. The van der Waals surface area contributed by atoms with Crippen molar-refractivity contribution in [2.75, 3.05) is 0 Å². The smallest absolute Gasteiger partial charge is 0.0380 e. The third-order valence-corrected chi connectivity index (χ3v) is 2.28. The molecule has 0 bridgehead atoms. The second-order valence-electron chi connectivity index (χ2n) is 5.67. The minimum atomic E-state index is 0.509. The third-order valence-electron chi connectivity index (χ3n) is 2.28. The van der Waals surface area contributed by atoms with E-state index in [1.807, 2.05) is 0 Å². The van der Waals surface area contributed by atoms with Crippen molar-refractivity contribution >= 4 is 0 Å². The van der Waals surface area contributed by atoms with E-state index in [1.165, 1.54) is 19.3 Å². The van der Waals surface area contributed by atoms with Crippen LogP contribution in [0.15, 0.2) is 0 Å². The van der Waals surface area contributed by atoms with Crippen molar-refractivity contribution in [3.05, 3.63) is 0 Å². The molecule has 0 fully saturated rings. The van der Waals surface area contributed by atoms with E-state index in [0.29, 0.717) is 5.41 Å². The van der Waals surface area contributed by atoms with Gasteiger partial charge >= 0.3 is 0 Å². The summed E-state index contributed by atoms with van der Waals surface area (Å²) in [5, 5.41) is 0. The lowest BCUT2D eigenvalue weighted by Crippen LogP contribution is -2.14. The van der Waals surface area contributed by atoms with E-state index >= 15 is 0 Å². The zero-order chi connectivity index (χ0) is 9.78. The number of rotatable bonds is 4. The van der Waals surface area contributed by atoms with Crippen LogP contribution in [0.3, 0.4) is 0 Å². The monoisotopic (exact) mass is 170 g/mol. The maximum atomic E-state index is 2.34. The molecule has 12 heavy (non-hydrogen) atoms. The van der Waals surface area contributed by atoms with Gasteiger partial charge < -0.3 is 0 Å². The molecule has 0 heteroatoms. The van der Waals surface area contributed by atoms with Crippen LogP contribution < -0.4 is 0 Å². The van der Waals surface area contributed by atoms with Gasteiger partial charge in [-0.05, 0) is 30.1 Å². The molecule has 1 unspecified atom stereocenters. The predicted octanol–water partition coefficient (Wildman–Crippen LogP) is 4.49. The average Bonchev–Trinajstić information content (AvgIpc) is 1.82. The molecule has 0 saturated heterocycles. The van der Waals surface area contributed by atoms with Crippen LogP contribution in [0, 0.1) is 17.3 Å². The number of hydrogen-bond acceptors (Lipinski definition) is 0. The Kier molecular flexibility index (Phi) is 4.89. The Hall–Kier alpha value is 0. The molecule has 0 aromatic rings. The van der Waals surface area contributed by atoms with Crippen LogP contribution >= 0.6 is 0 Å². The molecular formula is C12H26. The molecule has 0 amide bonds. The van der Waals surface area contributed by atoms with Crippen molar-refractivity contribution in [3.63, 3.8) is 0 Å². The van der Waals surface area contributed by atoms with Gasteiger partial charge in [0.1, 0.15) is 0 Å². The van der Waals surface area contributed by atoms with E-state index in [1.54, 1.807) is 0 Å². The Balaban J connectivity index is 3.83. The van der Waals surface area contributed by atoms with E-state index in [0.717, 1.165) is 11.8 Å². The lowest BCUT2D eigenvalue weighted by Gasteiger charge is -2.26. The van der Waals surface area contributed by atoms with Crippen molar-refractivity contribution in [1.82, 2.24) is 0 Å². The third kappa shape index (κ3) is 6.69. The summed E-state index contributed by atoms with van der Waals surface area (Å²) in [6.45, 7) is 14.0. The SMILES string of the molecule is CCC(CC(C)C)CC(C)(C)C. The van der Waals surface area contributed by atoms with E-state index in [4.69, 9.17) is 0 Å². The van der Waals surface area contributed by atoms with Gasteiger partial charge in [-0.15, -0.1) is 0 Å². The van der Waals surface area contributed by atoms with Gasteiger partial charge in [0, 0.05) is 0 Å².